The summed E-state index contributed by atoms with van der Waals surface area (Å²) in [4.78, 5) is 11.1. The lowest BCUT2D eigenvalue weighted by atomic mass is 10.1. The first-order valence-electron chi connectivity index (χ1n) is 9.38. The summed E-state index contributed by atoms with van der Waals surface area (Å²) in [6.07, 6.45) is 7.31. The van der Waals surface area contributed by atoms with Gasteiger partial charge in [0.1, 0.15) is 11.5 Å². The zero-order valence-corrected chi connectivity index (χ0v) is 17.5. The standard InChI is InChI=1S/C24H22N4S/c1-5-17-7-6-8-18(15-17)9-10-19-11-12-20(29-19)22-23(27-24(2,3)4)28-14-13-25-16-21(28)26-22/h5-8,11-16,27H,1H2,2-4H3. The van der Waals surface area contributed by atoms with Gasteiger partial charge < -0.3 is 5.32 Å². The fourth-order valence-corrected chi connectivity index (χ4v) is 3.81. The maximum absolute atomic E-state index is 4.81. The van der Waals surface area contributed by atoms with Gasteiger partial charge in [0, 0.05) is 23.5 Å². The molecule has 0 atom stereocenters. The van der Waals surface area contributed by atoms with E-state index in [0.29, 0.717) is 0 Å². The van der Waals surface area contributed by atoms with E-state index in [9.17, 15) is 0 Å². The quantitative estimate of drug-likeness (QED) is 0.449. The molecule has 29 heavy (non-hydrogen) atoms. The van der Waals surface area contributed by atoms with Crippen molar-refractivity contribution in [2.45, 2.75) is 26.3 Å². The molecule has 5 heteroatoms. The summed E-state index contributed by atoms with van der Waals surface area (Å²) < 4.78 is 2.04. The summed E-state index contributed by atoms with van der Waals surface area (Å²) in [6.45, 7) is 10.2. The average molecular weight is 399 g/mol. The average Bonchev–Trinajstić information content (AvgIpc) is 3.30. The third-order valence-corrected chi connectivity index (χ3v) is 5.22. The number of hydrogen-bond acceptors (Lipinski definition) is 4. The molecule has 1 N–H and O–H groups in total. The highest BCUT2D eigenvalue weighted by molar-refractivity contribution is 7.16. The van der Waals surface area contributed by atoms with Crippen LogP contribution in [0.4, 0.5) is 5.82 Å². The predicted octanol–water partition coefficient (Wildman–Crippen LogP) is 5.71. The van der Waals surface area contributed by atoms with Gasteiger partial charge in [-0.3, -0.25) is 9.38 Å². The van der Waals surface area contributed by atoms with Crippen molar-refractivity contribution < 1.29 is 0 Å². The van der Waals surface area contributed by atoms with Crippen LogP contribution in [0.1, 0.15) is 36.8 Å². The van der Waals surface area contributed by atoms with Gasteiger partial charge >= 0.3 is 0 Å². The van der Waals surface area contributed by atoms with E-state index >= 15 is 0 Å². The molecule has 0 fully saturated rings. The van der Waals surface area contributed by atoms with E-state index in [4.69, 9.17) is 4.98 Å². The molecule has 3 aromatic heterocycles. The fourth-order valence-electron chi connectivity index (χ4n) is 2.96. The van der Waals surface area contributed by atoms with Crippen LogP contribution >= 0.6 is 11.3 Å². The molecule has 0 aliphatic heterocycles. The number of imidazole rings is 1. The highest BCUT2D eigenvalue weighted by Crippen LogP contribution is 2.34. The van der Waals surface area contributed by atoms with Gasteiger partial charge in [-0.05, 0) is 50.6 Å². The highest BCUT2D eigenvalue weighted by atomic mass is 32.1. The zero-order chi connectivity index (χ0) is 20.4. The second-order valence-electron chi connectivity index (χ2n) is 7.73. The maximum atomic E-state index is 4.81. The summed E-state index contributed by atoms with van der Waals surface area (Å²) >= 11 is 1.64. The van der Waals surface area contributed by atoms with E-state index in [2.05, 4.69) is 55.6 Å². The third kappa shape index (κ3) is 4.23. The number of rotatable bonds is 3. The molecule has 0 amide bonds. The second-order valence-corrected chi connectivity index (χ2v) is 8.82. The van der Waals surface area contributed by atoms with Crippen LogP contribution in [0.15, 0.2) is 61.6 Å². The summed E-state index contributed by atoms with van der Waals surface area (Å²) in [5.41, 5.74) is 3.69. The van der Waals surface area contributed by atoms with Crippen LogP contribution in [-0.2, 0) is 0 Å². The van der Waals surface area contributed by atoms with Crippen molar-refractivity contribution in [1.29, 1.82) is 0 Å². The topological polar surface area (TPSA) is 42.2 Å². The van der Waals surface area contributed by atoms with Crippen molar-refractivity contribution in [3.8, 4) is 22.4 Å². The third-order valence-electron chi connectivity index (χ3n) is 4.22. The normalized spacial score (nSPS) is 11.1. The van der Waals surface area contributed by atoms with Gasteiger partial charge in [0.05, 0.1) is 16.0 Å². The number of nitrogens with zero attached hydrogens (tertiary/aromatic N) is 3. The molecular weight excluding hydrogens is 376 g/mol. The van der Waals surface area contributed by atoms with Gasteiger partial charge in [0.2, 0.25) is 0 Å². The molecule has 0 bridgehead atoms. The minimum atomic E-state index is -0.0932. The van der Waals surface area contributed by atoms with Crippen molar-refractivity contribution in [2.24, 2.45) is 0 Å². The minimum absolute atomic E-state index is 0.0932. The van der Waals surface area contributed by atoms with Crippen LogP contribution in [0, 0.1) is 11.8 Å². The van der Waals surface area contributed by atoms with Gasteiger partial charge in [0.25, 0.3) is 0 Å². The van der Waals surface area contributed by atoms with E-state index in [-0.39, 0.29) is 5.54 Å². The van der Waals surface area contributed by atoms with Gasteiger partial charge in [-0.25, -0.2) is 4.98 Å². The number of fused-ring (bicyclic) bond motifs is 1. The molecule has 0 radical (unpaired) electrons. The number of benzene rings is 1. The number of aromatic nitrogens is 3. The SMILES string of the molecule is C=Cc1cccc(C#Cc2ccc(-c3nc4cnccn4c3NC(C)(C)C)s2)c1. The van der Waals surface area contributed by atoms with Crippen LogP contribution in [0.5, 0.6) is 0 Å². The molecule has 0 saturated carbocycles. The predicted molar refractivity (Wildman–Crippen MR) is 122 cm³/mol. The van der Waals surface area contributed by atoms with Gasteiger partial charge in [0.15, 0.2) is 5.65 Å². The van der Waals surface area contributed by atoms with Crippen LogP contribution in [-0.4, -0.2) is 19.9 Å². The monoisotopic (exact) mass is 398 g/mol. The molecule has 1 aromatic carbocycles. The van der Waals surface area contributed by atoms with Crippen LogP contribution in [0.25, 0.3) is 22.3 Å². The number of thiophene rings is 1. The lowest BCUT2D eigenvalue weighted by Gasteiger charge is -2.22. The van der Waals surface area contributed by atoms with E-state index < -0.39 is 0 Å². The molecule has 4 rings (SSSR count). The molecule has 0 saturated heterocycles. The Balaban J connectivity index is 1.71. The van der Waals surface area contributed by atoms with Crippen molar-refractivity contribution >= 4 is 28.9 Å². The first-order chi connectivity index (χ1) is 13.9. The van der Waals surface area contributed by atoms with Crippen LogP contribution < -0.4 is 5.32 Å². The molecule has 3 heterocycles. The van der Waals surface area contributed by atoms with Crippen molar-refractivity contribution in [3.63, 3.8) is 0 Å². The molecular formula is C24H22N4S. The molecule has 4 aromatic rings. The number of nitrogens with one attached hydrogen (secondary N) is 1. The van der Waals surface area contributed by atoms with Gasteiger partial charge in [-0.1, -0.05) is 36.6 Å². The second kappa shape index (κ2) is 7.57. The molecule has 4 nitrogen and oxygen atoms in total. The Morgan fingerprint density at radius 3 is 2.83 bits per heavy atom. The van der Waals surface area contributed by atoms with Crippen molar-refractivity contribution in [1.82, 2.24) is 14.4 Å². The lowest BCUT2D eigenvalue weighted by molar-refractivity contribution is 0.629. The van der Waals surface area contributed by atoms with Gasteiger partial charge in [-0.15, -0.1) is 11.3 Å². The Morgan fingerprint density at radius 2 is 2.03 bits per heavy atom. The summed E-state index contributed by atoms with van der Waals surface area (Å²) in [5.74, 6) is 7.48. The smallest absolute Gasteiger partial charge is 0.157 e. The number of hydrogen-bond donors (Lipinski definition) is 1. The molecule has 144 valence electrons. The van der Waals surface area contributed by atoms with Crippen LogP contribution in [0.3, 0.4) is 0 Å². The summed E-state index contributed by atoms with van der Waals surface area (Å²) in [5, 5.41) is 3.58. The number of anilines is 1. The molecule has 0 spiro atoms. The Morgan fingerprint density at radius 1 is 1.17 bits per heavy atom. The van der Waals surface area contributed by atoms with Crippen molar-refractivity contribution in [2.75, 3.05) is 5.32 Å². The highest BCUT2D eigenvalue weighted by Gasteiger charge is 2.20. The summed E-state index contributed by atoms with van der Waals surface area (Å²) in [6, 6.07) is 12.2. The van der Waals surface area contributed by atoms with Crippen LogP contribution in [0.2, 0.25) is 0 Å². The van der Waals surface area contributed by atoms with Gasteiger partial charge in [-0.2, -0.15) is 0 Å². The largest absolute Gasteiger partial charge is 0.365 e. The minimum Gasteiger partial charge on any atom is -0.365 e. The first-order valence-corrected chi connectivity index (χ1v) is 10.2. The maximum Gasteiger partial charge on any atom is 0.157 e. The Hall–Kier alpha value is -3.36. The van der Waals surface area contributed by atoms with E-state index in [1.807, 2.05) is 47.0 Å². The Labute approximate surface area is 175 Å². The Bertz CT molecular complexity index is 1250. The van der Waals surface area contributed by atoms with E-state index in [1.165, 1.54) is 0 Å². The molecule has 0 aliphatic carbocycles. The summed E-state index contributed by atoms with van der Waals surface area (Å²) in [7, 11) is 0. The molecule has 0 unspecified atom stereocenters. The Kier molecular flexibility index (Phi) is 4.96. The first kappa shape index (κ1) is 19.0. The lowest BCUT2D eigenvalue weighted by Crippen LogP contribution is -2.27. The zero-order valence-electron chi connectivity index (χ0n) is 16.7. The van der Waals surface area contributed by atoms with E-state index in [0.717, 1.165) is 38.0 Å². The fraction of sp³-hybridized carbons (Fsp3) is 0.167. The molecule has 0 aliphatic rings. The van der Waals surface area contributed by atoms with Crippen molar-refractivity contribution in [3.05, 3.63) is 77.6 Å². The van der Waals surface area contributed by atoms with E-state index in [1.54, 1.807) is 23.7 Å².